The normalized spacial score (nSPS) is 16.9. The van der Waals surface area contributed by atoms with E-state index in [2.05, 4.69) is 20.5 Å². The Morgan fingerprint density at radius 3 is 2.93 bits per heavy atom. The van der Waals surface area contributed by atoms with Gasteiger partial charge >= 0.3 is 0 Å². The first-order chi connectivity index (χ1) is 13.7. The van der Waals surface area contributed by atoms with Crippen molar-refractivity contribution >= 4 is 23.6 Å². The Morgan fingerprint density at radius 1 is 1.29 bits per heavy atom. The number of nitrogens with zero attached hydrogens (tertiary/aromatic N) is 3. The molecule has 4 rings (SSSR count). The van der Waals surface area contributed by atoms with Crippen molar-refractivity contribution in [2.45, 2.75) is 24.0 Å². The number of aromatic nitrogens is 3. The van der Waals surface area contributed by atoms with Crippen molar-refractivity contribution in [2.24, 2.45) is 0 Å². The highest BCUT2D eigenvalue weighted by atomic mass is 32.2. The lowest BCUT2D eigenvalue weighted by Gasteiger charge is -2.32. The molecule has 1 aliphatic rings. The molecule has 1 unspecified atom stereocenters. The van der Waals surface area contributed by atoms with E-state index in [0.29, 0.717) is 35.6 Å². The van der Waals surface area contributed by atoms with Gasteiger partial charge in [-0.3, -0.25) is 14.7 Å². The van der Waals surface area contributed by atoms with E-state index < -0.39 is 0 Å². The SMILES string of the molecule is O=C(CSc1n[nH]c(-c2ccco2)n1)NC1CCCN(C(=O)c2ccco2)C1. The van der Waals surface area contributed by atoms with Crippen molar-refractivity contribution in [3.05, 3.63) is 42.6 Å². The molecular weight excluding hydrogens is 382 g/mol. The number of aromatic amines is 1. The van der Waals surface area contributed by atoms with Crippen LogP contribution in [0.2, 0.25) is 0 Å². The summed E-state index contributed by atoms with van der Waals surface area (Å²) in [5.74, 6) is 1.35. The van der Waals surface area contributed by atoms with Gasteiger partial charge in [0.1, 0.15) is 0 Å². The molecule has 0 aliphatic carbocycles. The first-order valence-corrected chi connectivity index (χ1v) is 9.89. The molecule has 2 amide bonds. The Bertz CT molecular complexity index is 922. The van der Waals surface area contributed by atoms with Crippen LogP contribution < -0.4 is 5.32 Å². The highest BCUT2D eigenvalue weighted by Crippen LogP contribution is 2.19. The van der Waals surface area contributed by atoms with Gasteiger partial charge in [0.2, 0.25) is 11.1 Å². The molecule has 1 atom stereocenters. The van der Waals surface area contributed by atoms with Crippen molar-refractivity contribution in [1.82, 2.24) is 25.4 Å². The molecule has 1 saturated heterocycles. The third-order valence-electron chi connectivity index (χ3n) is 4.36. The minimum atomic E-state index is -0.149. The van der Waals surface area contributed by atoms with Crippen LogP contribution in [0.15, 0.2) is 50.8 Å². The number of rotatable bonds is 6. The van der Waals surface area contributed by atoms with E-state index in [1.54, 1.807) is 35.4 Å². The number of furan rings is 2. The summed E-state index contributed by atoms with van der Waals surface area (Å²) in [6.45, 7) is 1.13. The molecule has 0 radical (unpaired) electrons. The van der Waals surface area contributed by atoms with E-state index >= 15 is 0 Å². The van der Waals surface area contributed by atoms with Crippen LogP contribution in [0.4, 0.5) is 0 Å². The van der Waals surface area contributed by atoms with E-state index in [9.17, 15) is 9.59 Å². The summed E-state index contributed by atoms with van der Waals surface area (Å²) in [4.78, 5) is 30.7. The number of H-pyrrole nitrogens is 1. The number of amides is 2. The standard InChI is InChI=1S/C18H19N5O4S/c24-15(11-28-18-20-16(21-22-18)13-5-2-8-26-13)19-12-4-1-7-23(10-12)17(25)14-6-3-9-27-14/h2-3,5-6,8-9,12H,1,4,7,10-11H2,(H,19,24)(H,20,21,22). The quantitative estimate of drug-likeness (QED) is 0.608. The number of hydrogen-bond acceptors (Lipinski definition) is 7. The van der Waals surface area contributed by atoms with Crippen LogP contribution in [0, 0.1) is 0 Å². The van der Waals surface area contributed by atoms with Crippen LogP contribution in [0.25, 0.3) is 11.6 Å². The van der Waals surface area contributed by atoms with Crippen LogP contribution in [0.5, 0.6) is 0 Å². The Hall–Kier alpha value is -3.01. The molecule has 1 aliphatic heterocycles. The van der Waals surface area contributed by atoms with Crippen molar-refractivity contribution < 1.29 is 18.4 Å². The van der Waals surface area contributed by atoms with Gasteiger partial charge in [-0.25, -0.2) is 0 Å². The topological polar surface area (TPSA) is 117 Å². The molecule has 10 heteroatoms. The summed E-state index contributed by atoms with van der Waals surface area (Å²) in [7, 11) is 0. The number of carbonyl (C=O) groups is 2. The summed E-state index contributed by atoms with van der Waals surface area (Å²) in [5.41, 5.74) is 0. The zero-order valence-corrected chi connectivity index (χ0v) is 15.8. The van der Waals surface area contributed by atoms with E-state index in [1.807, 2.05) is 0 Å². The smallest absolute Gasteiger partial charge is 0.289 e. The van der Waals surface area contributed by atoms with Gasteiger partial charge in [-0.15, -0.1) is 5.10 Å². The zero-order chi connectivity index (χ0) is 19.3. The first kappa shape index (κ1) is 18.4. The van der Waals surface area contributed by atoms with E-state index in [-0.39, 0.29) is 23.6 Å². The van der Waals surface area contributed by atoms with E-state index in [4.69, 9.17) is 8.83 Å². The van der Waals surface area contributed by atoms with Gasteiger partial charge in [0.05, 0.1) is 18.3 Å². The Kier molecular flexibility index (Phi) is 5.47. The third kappa shape index (κ3) is 4.28. The fourth-order valence-electron chi connectivity index (χ4n) is 3.07. The zero-order valence-electron chi connectivity index (χ0n) is 15.0. The number of carbonyl (C=O) groups excluding carboxylic acids is 2. The van der Waals surface area contributed by atoms with Crippen molar-refractivity contribution in [1.29, 1.82) is 0 Å². The molecule has 0 saturated carbocycles. The lowest BCUT2D eigenvalue weighted by Crippen LogP contribution is -2.50. The van der Waals surface area contributed by atoms with Gasteiger partial charge in [0.25, 0.3) is 5.91 Å². The molecule has 28 heavy (non-hydrogen) atoms. The first-order valence-electron chi connectivity index (χ1n) is 8.90. The monoisotopic (exact) mass is 401 g/mol. The van der Waals surface area contributed by atoms with Crippen molar-refractivity contribution in [3.63, 3.8) is 0 Å². The summed E-state index contributed by atoms with van der Waals surface area (Å²) in [5, 5.41) is 10.3. The Balaban J connectivity index is 1.26. The predicted octanol–water partition coefficient (Wildman–Crippen LogP) is 2.17. The number of hydrogen-bond donors (Lipinski definition) is 2. The summed E-state index contributed by atoms with van der Waals surface area (Å²) >= 11 is 1.24. The molecule has 0 spiro atoms. The van der Waals surface area contributed by atoms with E-state index in [1.165, 1.54) is 18.0 Å². The van der Waals surface area contributed by atoms with E-state index in [0.717, 1.165) is 12.8 Å². The molecule has 2 N–H and O–H groups in total. The maximum atomic E-state index is 12.4. The van der Waals surface area contributed by atoms with Gasteiger partial charge in [-0.2, -0.15) is 4.98 Å². The average Bonchev–Trinajstić information content (AvgIpc) is 3.48. The van der Waals surface area contributed by atoms with Crippen molar-refractivity contribution in [3.8, 4) is 11.6 Å². The molecule has 0 bridgehead atoms. The molecule has 3 aromatic heterocycles. The van der Waals surface area contributed by atoms with Crippen LogP contribution >= 0.6 is 11.8 Å². The van der Waals surface area contributed by atoms with Gasteiger partial charge in [-0.05, 0) is 37.1 Å². The average molecular weight is 401 g/mol. The largest absolute Gasteiger partial charge is 0.461 e. The minimum absolute atomic E-state index is 0.0772. The molecule has 3 aromatic rings. The summed E-state index contributed by atoms with van der Waals surface area (Å²) in [6, 6.07) is 6.80. The van der Waals surface area contributed by atoms with Gasteiger partial charge in [0.15, 0.2) is 17.3 Å². The van der Waals surface area contributed by atoms with Crippen LogP contribution in [0.3, 0.4) is 0 Å². The second-order valence-electron chi connectivity index (χ2n) is 6.37. The molecule has 146 valence electrons. The van der Waals surface area contributed by atoms with Crippen LogP contribution in [-0.2, 0) is 4.79 Å². The summed E-state index contributed by atoms with van der Waals surface area (Å²) < 4.78 is 10.4. The van der Waals surface area contributed by atoms with Gasteiger partial charge in [-0.1, -0.05) is 11.8 Å². The number of thioether (sulfide) groups is 1. The minimum Gasteiger partial charge on any atom is -0.461 e. The fourth-order valence-corrected chi connectivity index (χ4v) is 3.68. The van der Waals surface area contributed by atoms with Crippen LogP contribution in [-0.4, -0.2) is 56.8 Å². The fraction of sp³-hybridized carbons (Fsp3) is 0.333. The van der Waals surface area contributed by atoms with Crippen molar-refractivity contribution in [2.75, 3.05) is 18.8 Å². The maximum Gasteiger partial charge on any atom is 0.289 e. The molecule has 1 fully saturated rings. The maximum absolute atomic E-state index is 12.4. The highest BCUT2D eigenvalue weighted by Gasteiger charge is 2.26. The predicted molar refractivity (Wildman–Crippen MR) is 101 cm³/mol. The lowest BCUT2D eigenvalue weighted by atomic mass is 10.1. The molecule has 0 aromatic carbocycles. The molecular formula is C18H19N5O4S. The van der Waals surface area contributed by atoms with Gasteiger partial charge in [0, 0.05) is 19.1 Å². The highest BCUT2D eigenvalue weighted by molar-refractivity contribution is 7.99. The number of likely N-dealkylation sites (tertiary alicyclic amines) is 1. The summed E-state index contributed by atoms with van der Waals surface area (Å²) in [6.07, 6.45) is 4.70. The van der Waals surface area contributed by atoms with Crippen LogP contribution in [0.1, 0.15) is 23.4 Å². The lowest BCUT2D eigenvalue weighted by molar-refractivity contribution is -0.119. The number of piperidine rings is 1. The third-order valence-corrected chi connectivity index (χ3v) is 5.20. The second-order valence-corrected chi connectivity index (χ2v) is 7.31. The Labute approximate surface area is 164 Å². The molecule has 9 nitrogen and oxygen atoms in total. The Morgan fingerprint density at radius 2 is 2.14 bits per heavy atom. The second kappa shape index (κ2) is 8.34. The van der Waals surface area contributed by atoms with Gasteiger partial charge < -0.3 is 19.1 Å². The molecule has 4 heterocycles. The number of nitrogens with one attached hydrogen (secondary N) is 2.